The SMILES string of the molecule is COCc1cc(C(=O)Nc2cc([C@H]3C[CH]CC3)[nH]n2)n(C)n1. The van der Waals surface area contributed by atoms with Gasteiger partial charge in [-0.1, -0.05) is 0 Å². The van der Waals surface area contributed by atoms with E-state index in [9.17, 15) is 4.79 Å². The molecule has 117 valence electrons. The number of aromatic nitrogens is 4. The molecular formula is C15H20N5O2. The molecule has 0 aromatic carbocycles. The van der Waals surface area contributed by atoms with Crippen molar-refractivity contribution in [2.45, 2.75) is 31.8 Å². The van der Waals surface area contributed by atoms with E-state index in [4.69, 9.17) is 4.74 Å². The number of carbonyl (C=O) groups is 1. The first-order chi connectivity index (χ1) is 10.7. The number of anilines is 1. The zero-order chi connectivity index (χ0) is 15.5. The average molecular weight is 302 g/mol. The van der Waals surface area contributed by atoms with Crippen molar-refractivity contribution in [1.29, 1.82) is 0 Å². The number of H-pyrrole nitrogens is 1. The van der Waals surface area contributed by atoms with Gasteiger partial charge in [0, 0.05) is 31.8 Å². The average Bonchev–Trinajstić information content (AvgIpc) is 3.19. The van der Waals surface area contributed by atoms with Crippen LogP contribution in [-0.4, -0.2) is 33.0 Å². The van der Waals surface area contributed by atoms with Crippen molar-refractivity contribution < 1.29 is 9.53 Å². The van der Waals surface area contributed by atoms with E-state index in [2.05, 4.69) is 27.0 Å². The molecule has 1 atom stereocenters. The van der Waals surface area contributed by atoms with Gasteiger partial charge in [-0.15, -0.1) is 0 Å². The van der Waals surface area contributed by atoms with Crippen molar-refractivity contribution in [2.24, 2.45) is 7.05 Å². The number of amides is 1. The molecule has 1 radical (unpaired) electrons. The van der Waals surface area contributed by atoms with Gasteiger partial charge in [0.15, 0.2) is 5.82 Å². The number of hydrogen-bond acceptors (Lipinski definition) is 4. The van der Waals surface area contributed by atoms with Gasteiger partial charge in [0.1, 0.15) is 5.69 Å². The van der Waals surface area contributed by atoms with E-state index in [1.165, 1.54) is 0 Å². The minimum atomic E-state index is -0.228. The third kappa shape index (κ3) is 3.04. The Morgan fingerprint density at radius 3 is 3.14 bits per heavy atom. The zero-order valence-corrected chi connectivity index (χ0v) is 12.8. The Kier molecular flexibility index (Phi) is 4.24. The normalized spacial score (nSPS) is 15.4. The second kappa shape index (κ2) is 6.31. The van der Waals surface area contributed by atoms with E-state index in [1.807, 2.05) is 6.07 Å². The number of aromatic amines is 1. The van der Waals surface area contributed by atoms with Crippen LogP contribution in [0, 0.1) is 6.42 Å². The second-order valence-corrected chi connectivity index (χ2v) is 5.54. The summed E-state index contributed by atoms with van der Waals surface area (Å²) in [4.78, 5) is 12.3. The van der Waals surface area contributed by atoms with Crippen molar-refractivity contribution in [2.75, 3.05) is 12.4 Å². The monoisotopic (exact) mass is 302 g/mol. The number of methoxy groups -OCH3 is 1. The molecule has 1 amide bonds. The molecule has 0 unspecified atom stereocenters. The molecule has 2 aromatic rings. The summed E-state index contributed by atoms with van der Waals surface area (Å²) >= 11 is 0. The summed E-state index contributed by atoms with van der Waals surface area (Å²) in [5, 5.41) is 14.2. The highest BCUT2D eigenvalue weighted by Gasteiger charge is 2.20. The Morgan fingerprint density at radius 1 is 1.55 bits per heavy atom. The van der Waals surface area contributed by atoms with E-state index in [1.54, 1.807) is 24.9 Å². The Hall–Kier alpha value is -2.15. The van der Waals surface area contributed by atoms with E-state index in [0.29, 0.717) is 24.0 Å². The largest absolute Gasteiger partial charge is 0.378 e. The van der Waals surface area contributed by atoms with E-state index in [-0.39, 0.29) is 5.91 Å². The van der Waals surface area contributed by atoms with Crippen molar-refractivity contribution in [3.05, 3.63) is 35.6 Å². The quantitative estimate of drug-likeness (QED) is 0.885. The molecule has 3 rings (SSSR count). The Balaban J connectivity index is 1.68. The molecule has 2 aromatic heterocycles. The first-order valence-electron chi connectivity index (χ1n) is 7.37. The van der Waals surface area contributed by atoms with Crippen LogP contribution in [0.3, 0.4) is 0 Å². The fraction of sp³-hybridized carbons (Fsp3) is 0.467. The van der Waals surface area contributed by atoms with Crippen molar-refractivity contribution >= 4 is 11.7 Å². The van der Waals surface area contributed by atoms with Crippen LogP contribution >= 0.6 is 0 Å². The van der Waals surface area contributed by atoms with Crippen molar-refractivity contribution in [3.8, 4) is 0 Å². The van der Waals surface area contributed by atoms with Gasteiger partial charge in [0.25, 0.3) is 5.91 Å². The predicted molar refractivity (Wildman–Crippen MR) is 81.4 cm³/mol. The fourth-order valence-electron chi connectivity index (χ4n) is 2.79. The lowest BCUT2D eigenvalue weighted by Gasteiger charge is -2.03. The molecule has 2 heterocycles. The van der Waals surface area contributed by atoms with Gasteiger partial charge >= 0.3 is 0 Å². The number of nitrogens with one attached hydrogen (secondary N) is 2. The smallest absolute Gasteiger partial charge is 0.275 e. The van der Waals surface area contributed by atoms with Crippen LogP contribution in [-0.2, 0) is 18.4 Å². The van der Waals surface area contributed by atoms with Crippen molar-refractivity contribution in [3.63, 3.8) is 0 Å². The van der Waals surface area contributed by atoms with Crippen LogP contribution in [0.15, 0.2) is 12.1 Å². The molecule has 0 aliphatic heterocycles. The number of rotatable bonds is 5. The minimum Gasteiger partial charge on any atom is -0.378 e. The zero-order valence-electron chi connectivity index (χ0n) is 12.8. The summed E-state index contributed by atoms with van der Waals surface area (Å²) in [5.74, 6) is 0.804. The standard InChI is InChI=1S/C15H20N5O2/c1-20-13(7-11(19-20)9-22-2)15(21)16-14-8-12(17-18-14)10-5-3-4-6-10/h3,7-8,10H,4-6,9H2,1-2H3,(H2,16,17,18,21)/t10-/m0/s1. The van der Waals surface area contributed by atoms with Gasteiger partial charge in [0.2, 0.25) is 0 Å². The summed E-state index contributed by atoms with van der Waals surface area (Å²) in [6.45, 7) is 0.381. The molecule has 22 heavy (non-hydrogen) atoms. The van der Waals surface area contributed by atoms with Crippen LogP contribution in [0.5, 0.6) is 0 Å². The summed E-state index contributed by atoms with van der Waals surface area (Å²) in [6, 6.07) is 3.63. The highest BCUT2D eigenvalue weighted by Crippen LogP contribution is 2.33. The van der Waals surface area contributed by atoms with Gasteiger partial charge in [-0.25, -0.2) is 0 Å². The molecule has 1 aliphatic carbocycles. The molecule has 7 nitrogen and oxygen atoms in total. The second-order valence-electron chi connectivity index (χ2n) is 5.54. The molecular weight excluding hydrogens is 282 g/mol. The predicted octanol–water partition coefficient (Wildman–Crippen LogP) is 2.01. The van der Waals surface area contributed by atoms with E-state index in [0.717, 1.165) is 30.7 Å². The third-order valence-corrected chi connectivity index (χ3v) is 3.90. The van der Waals surface area contributed by atoms with E-state index >= 15 is 0 Å². The molecule has 1 fully saturated rings. The van der Waals surface area contributed by atoms with Crippen LogP contribution in [0.4, 0.5) is 5.82 Å². The maximum absolute atomic E-state index is 12.3. The topological polar surface area (TPSA) is 84.8 Å². The molecule has 7 heteroatoms. The minimum absolute atomic E-state index is 0.228. The number of nitrogens with zero attached hydrogens (tertiary/aromatic N) is 3. The van der Waals surface area contributed by atoms with Gasteiger partial charge in [-0.2, -0.15) is 10.2 Å². The molecule has 0 spiro atoms. The van der Waals surface area contributed by atoms with E-state index < -0.39 is 0 Å². The summed E-state index contributed by atoms with van der Waals surface area (Å²) in [6.07, 6.45) is 5.63. The number of aryl methyl sites for hydroxylation is 1. The van der Waals surface area contributed by atoms with Crippen LogP contribution in [0.2, 0.25) is 0 Å². The van der Waals surface area contributed by atoms with Crippen LogP contribution < -0.4 is 5.32 Å². The lowest BCUT2D eigenvalue weighted by Crippen LogP contribution is -2.16. The highest BCUT2D eigenvalue weighted by atomic mass is 16.5. The third-order valence-electron chi connectivity index (χ3n) is 3.90. The maximum atomic E-state index is 12.3. The van der Waals surface area contributed by atoms with Gasteiger partial charge in [-0.05, 0) is 31.7 Å². The Bertz CT molecular complexity index is 655. The number of hydrogen-bond donors (Lipinski definition) is 2. The van der Waals surface area contributed by atoms with Crippen LogP contribution in [0.25, 0.3) is 0 Å². The Morgan fingerprint density at radius 2 is 2.41 bits per heavy atom. The maximum Gasteiger partial charge on any atom is 0.275 e. The fourth-order valence-corrected chi connectivity index (χ4v) is 2.79. The first-order valence-corrected chi connectivity index (χ1v) is 7.37. The summed E-state index contributed by atoms with van der Waals surface area (Å²) in [5.41, 5.74) is 2.28. The molecule has 0 saturated heterocycles. The van der Waals surface area contributed by atoms with Gasteiger partial charge in [0.05, 0.1) is 12.3 Å². The lowest BCUT2D eigenvalue weighted by atomic mass is 10.0. The summed E-state index contributed by atoms with van der Waals surface area (Å²) in [7, 11) is 3.33. The number of ether oxygens (including phenoxy) is 1. The molecule has 0 bridgehead atoms. The number of carbonyl (C=O) groups excluding carboxylic acids is 1. The Labute approximate surface area is 129 Å². The van der Waals surface area contributed by atoms with Gasteiger partial charge < -0.3 is 10.1 Å². The van der Waals surface area contributed by atoms with Crippen molar-refractivity contribution in [1.82, 2.24) is 20.0 Å². The molecule has 1 aliphatic rings. The van der Waals surface area contributed by atoms with Gasteiger partial charge in [-0.3, -0.25) is 14.6 Å². The first kappa shape index (κ1) is 14.8. The summed E-state index contributed by atoms with van der Waals surface area (Å²) < 4.78 is 6.57. The van der Waals surface area contributed by atoms with Crippen LogP contribution in [0.1, 0.15) is 47.1 Å². The lowest BCUT2D eigenvalue weighted by molar-refractivity contribution is 0.101. The highest BCUT2D eigenvalue weighted by molar-refractivity contribution is 6.02. The molecule has 1 saturated carbocycles. The molecule has 2 N–H and O–H groups in total.